The van der Waals surface area contributed by atoms with E-state index in [1.807, 2.05) is 24.3 Å². The third kappa shape index (κ3) is 3.38. The zero-order valence-corrected chi connectivity index (χ0v) is 11.2. The Bertz CT molecular complexity index is 429. The first-order valence-corrected chi connectivity index (χ1v) is 6.56. The zero-order chi connectivity index (χ0) is 13.7. The van der Waals surface area contributed by atoms with E-state index in [0.29, 0.717) is 5.92 Å². The maximum atomic E-state index is 8.64. The van der Waals surface area contributed by atoms with Gasteiger partial charge in [0.1, 0.15) is 0 Å². The number of benzene rings is 1. The minimum absolute atomic E-state index is 0.141. The van der Waals surface area contributed by atoms with Gasteiger partial charge in [0.15, 0.2) is 5.84 Å². The lowest BCUT2D eigenvalue weighted by Crippen LogP contribution is -2.37. The summed E-state index contributed by atoms with van der Waals surface area (Å²) in [5.41, 5.74) is 7.46. The van der Waals surface area contributed by atoms with E-state index < -0.39 is 0 Å². The molecule has 104 valence electrons. The lowest BCUT2D eigenvalue weighted by molar-refractivity contribution is 0.143. The molecular formula is C14H21N3O2. The van der Waals surface area contributed by atoms with Crippen LogP contribution in [0.2, 0.25) is 0 Å². The fourth-order valence-corrected chi connectivity index (χ4v) is 2.57. The standard InChI is InChI=1S/C14H21N3O2/c1-19-10-11-3-2-8-17(9-11)13-6-4-12(5-7-13)14(15)16-18/h4-7,11,18H,2-3,8-10H2,1H3,(H2,15,16). The number of rotatable bonds is 4. The van der Waals surface area contributed by atoms with Crippen molar-refractivity contribution in [1.29, 1.82) is 0 Å². The van der Waals surface area contributed by atoms with Gasteiger partial charge in [-0.2, -0.15) is 0 Å². The monoisotopic (exact) mass is 263 g/mol. The first kappa shape index (κ1) is 13.7. The van der Waals surface area contributed by atoms with Gasteiger partial charge in [-0.15, -0.1) is 0 Å². The van der Waals surface area contributed by atoms with Crippen molar-refractivity contribution in [3.63, 3.8) is 0 Å². The Morgan fingerprint density at radius 2 is 2.21 bits per heavy atom. The number of ether oxygens (including phenoxy) is 1. The van der Waals surface area contributed by atoms with Crippen molar-refractivity contribution in [2.45, 2.75) is 12.8 Å². The molecule has 0 spiro atoms. The molecule has 1 unspecified atom stereocenters. The number of nitrogens with zero attached hydrogens (tertiary/aromatic N) is 2. The molecule has 0 saturated carbocycles. The molecule has 5 nitrogen and oxygen atoms in total. The first-order valence-electron chi connectivity index (χ1n) is 6.56. The van der Waals surface area contributed by atoms with Crippen LogP contribution in [0.25, 0.3) is 0 Å². The molecule has 19 heavy (non-hydrogen) atoms. The van der Waals surface area contributed by atoms with Gasteiger partial charge in [-0.05, 0) is 43.0 Å². The Morgan fingerprint density at radius 1 is 1.47 bits per heavy atom. The average Bonchev–Trinajstić information content (AvgIpc) is 2.47. The fraction of sp³-hybridized carbons (Fsp3) is 0.500. The molecule has 2 rings (SSSR count). The van der Waals surface area contributed by atoms with Crippen LogP contribution < -0.4 is 10.6 Å². The maximum absolute atomic E-state index is 8.64. The summed E-state index contributed by atoms with van der Waals surface area (Å²) in [5, 5.41) is 11.6. The lowest BCUT2D eigenvalue weighted by atomic mass is 9.98. The number of methoxy groups -OCH3 is 1. The fourth-order valence-electron chi connectivity index (χ4n) is 2.57. The quantitative estimate of drug-likeness (QED) is 0.375. The van der Waals surface area contributed by atoms with Crippen molar-refractivity contribution in [3.8, 4) is 0 Å². The number of hydrogen-bond acceptors (Lipinski definition) is 4. The zero-order valence-electron chi connectivity index (χ0n) is 11.2. The Hall–Kier alpha value is -1.75. The molecule has 1 aliphatic heterocycles. The molecule has 1 saturated heterocycles. The van der Waals surface area contributed by atoms with Crippen LogP contribution in [0.3, 0.4) is 0 Å². The second-order valence-corrected chi connectivity index (χ2v) is 4.94. The smallest absolute Gasteiger partial charge is 0.170 e. The van der Waals surface area contributed by atoms with Crippen LogP contribution in [0, 0.1) is 5.92 Å². The highest BCUT2D eigenvalue weighted by Crippen LogP contribution is 2.23. The van der Waals surface area contributed by atoms with Crippen LogP contribution in [-0.2, 0) is 4.74 Å². The van der Waals surface area contributed by atoms with Gasteiger partial charge in [0, 0.05) is 31.5 Å². The van der Waals surface area contributed by atoms with Crippen LogP contribution >= 0.6 is 0 Å². The van der Waals surface area contributed by atoms with E-state index in [0.717, 1.165) is 25.3 Å². The van der Waals surface area contributed by atoms with Crippen LogP contribution in [0.4, 0.5) is 5.69 Å². The van der Waals surface area contributed by atoms with Gasteiger partial charge in [0.25, 0.3) is 0 Å². The summed E-state index contributed by atoms with van der Waals surface area (Å²) in [4.78, 5) is 2.36. The summed E-state index contributed by atoms with van der Waals surface area (Å²) < 4.78 is 5.24. The van der Waals surface area contributed by atoms with E-state index in [4.69, 9.17) is 15.7 Å². The maximum Gasteiger partial charge on any atom is 0.170 e. The van der Waals surface area contributed by atoms with E-state index in [2.05, 4.69) is 10.1 Å². The van der Waals surface area contributed by atoms with Crippen molar-refractivity contribution >= 4 is 11.5 Å². The summed E-state index contributed by atoms with van der Waals surface area (Å²) in [5.74, 6) is 0.741. The van der Waals surface area contributed by atoms with Crippen molar-refractivity contribution in [2.24, 2.45) is 16.8 Å². The summed E-state index contributed by atoms with van der Waals surface area (Å²) in [7, 11) is 1.75. The van der Waals surface area contributed by atoms with Crippen molar-refractivity contribution < 1.29 is 9.94 Å². The third-order valence-electron chi connectivity index (χ3n) is 3.56. The van der Waals surface area contributed by atoms with Gasteiger partial charge >= 0.3 is 0 Å². The highest BCUT2D eigenvalue weighted by molar-refractivity contribution is 5.97. The molecule has 0 amide bonds. The SMILES string of the molecule is COCC1CCCN(c2ccc(/C(N)=N/O)cc2)C1. The minimum atomic E-state index is 0.141. The number of hydrogen-bond donors (Lipinski definition) is 2. The number of oxime groups is 1. The van der Waals surface area contributed by atoms with Gasteiger partial charge in [0.2, 0.25) is 0 Å². The van der Waals surface area contributed by atoms with Gasteiger partial charge in [-0.1, -0.05) is 5.16 Å². The molecular weight excluding hydrogens is 242 g/mol. The molecule has 3 N–H and O–H groups in total. The molecule has 1 aromatic carbocycles. The Morgan fingerprint density at radius 3 is 2.84 bits per heavy atom. The third-order valence-corrected chi connectivity index (χ3v) is 3.56. The molecule has 1 fully saturated rings. The Kier molecular flexibility index (Phi) is 4.63. The second-order valence-electron chi connectivity index (χ2n) is 4.94. The molecule has 0 aliphatic carbocycles. The molecule has 1 aromatic rings. The van der Waals surface area contributed by atoms with E-state index in [9.17, 15) is 0 Å². The normalized spacial score (nSPS) is 20.6. The van der Waals surface area contributed by atoms with Crippen LogP contribution in [0.5, 0.6) is 0 Å². The number of amidine groups is 1. The van der Waals surface area contributed by atoms with Crippen molar-refractivity contribution in [1.82, 2.24) is 0 Å². The van der Waals surface area contributed by atoms with Crippen LogP contribution in [0.1, 0.15) is 18.4 Å². The molecule has 1 atom stereocenters. The lowest BCUT2D eigenvalue weighted by Gasteiger charge is -2.34. The molecule has 1 heterocycles. The van der Waals surface area contributed by atoms with Crippen LogP contribution in [-0.4, -0.2) is 37.8 Å². The van der Waals surface area contributed by atoms with Gasteiger partial charge in [0.05, 0.1) is 6.61 Å². The number of piperidine rings is 1. The van der Waals surface area contributed by atoms with Crippen LogP contribution in [0.15, 0.2) is 29.4 Å². The average molecular weight is 263 g/mol. The summed E-state index contributed by atoms with van der Waals surface area (Å²) >= 11 is 0. The summed E-state index contributed by atoms with van der Waals surface area (Å²) in [6.07, 6.45) is 2.42. The highest BCUT2D eigenvalue weighted by atomic mass is 16.5. The van der Waals surface area contributed by atoms with Crippen molar-refractivity contribution in [3.05, 3.63) is 29.8 Å². The van der Waals surface area contributed by atoms with E-state index in [-0.39, 0.29) is 5.84 Å². The largest absolute Gasteiger partial charge is 0.409 e. The Balaban J connectivity index is 2.05. The highest BCUT2D eigenvalue weighted by Gasteiger charge is 2.19. The molecule has 0 bridgehead atoms. The Labute approximate surface area is 113 Å². The van der Waals surface area contributed by atoms with Gasteiger partial charge in [-0.3, -0.25) is 0 Å². The molecule has 5 heteroatoms. The summed E-state index contributed by atoms with van der Waals surface area (Å²) in [6, 6.07) is 7.79. The molecule has 0 aromatic heterocycles. The van der Waals surface area contributed by atoms with E-state index in [1.54, 1.807) is 7.11 Å². The van der Waals surface area contributed by atoms with Gasteiger partial charge < -0.3 is 20.6 Å². The van der Waals surface area contributed by atoms with Gasteiger partial charge in [-0.25, -0.2) is 0 Å². The second kappa shape index (κ2) is 6.43. The number of nitrogens with two attached hydrogens (primary N) is 1. The van der Waals surface area contributed by atoms with Crippen molar-refractivity contribution in [2.75, 3.05) is 31.7 Å². The predicted molar refractivity (Wildman–Crippen MR) is 75.8 cm³/mol. The summed E-state index contributed by atoms with van der Waals surface area (Å²) in [6.45, 7) is 2.92. The van der Waals surface area contributed by atoms with E-state index >= 15 is 0 Å². The van der Waals surface area contributed by atoms with E-state index in [1.165, 1.54) is 18.5 Å². The topological polar surface area (TPSA) is 71.1 Å². The predicted octanol–water partition coefficient (Wildman–Crippen LogP) is 1.64. The molecule has 0 radical (unpaired) electrons. The minimum Gasteiger partial charge on any atom is -0.409 e. The number of anilines is 1. The first-order chi connectivity index (χ1) is 9.24. The molecule has 1 aliphatic rings.